The van der Waals surface area contributed by atoms with Crippen LogP contribution in [-0.2, 0) is 42.9 Å². The number of β-amino-alcohol motifs (C(OH)–C–C–N with tert-alkyl or cyclic N) is 1. The molecule has 3 aliphatic heterocycles. The fourth-order valence-electron chi connectivity index (χ4n) is 11.7. The molecule has 3 aliphatic rings. The van der Waals surface area contributed by atoms with Crippen LogP contribution in [-0.4, -0.2) is 222 Å². The number of benzene rings is 4. The van der Waals surface area contributed by atoms with Crippen molar-refractivity contribution in [2.24, 2.45) is 5.41 Å². The summed E-state index contributed by atoms with van der Waals surface area (Å²) in [6.45, 7) is 16.2. The molecule has 0 unspecified atom stereocenters. The molecule has 5 atom stereocenters. The molecule has 9 rings (SSSR count). The van der Waals surface area contributed by atoms with Crippen LogP contribution in [0.5, 0.6) is 11.8 Å². The SMILES string of the molecule is Cc1ncsc1-c1ccc([C@H](C)NC(=O)[C@@H]2C[C@@H](O)CN2C(=O)[C@@H](NC(=O)COCCOCCOCCOCCOC2CCN(C[C@@H](C)Oc3nc(N4CCN(C(=O)C(O)O)CC4)c4cc(Cl)c(-c5cc(O)cc6ccccc56)c(F)c4n3)CC2)C(C)(C)C)cc1. The molecule has 492 valence electrons. The highest BCUT2D eigenvalue weighted by Gasteiger charge is 2.45. The van der Waals surface area contributed by atoms with Crippen molar-refractivity contribution in [3.63, 3.8) is 0 Å². The van der Waals surface area contributed by atoms with Crippen molar-refractivity contribution in [3.8, 4) is 33.3 Å². The van der Waals surface area contributed by atoms with Crippen LogP contribution in [0.25, 0.3) is 43.2 Å². The van der Waals surface area contributed by atoms with Crippen LogP contribution in [0.2, 0.25) is 5.02 Å². The summed E-state index contributed by atoms with van der Waals surface area (Å²) in [7, 11) is 0. The zero-order valence-electron chi connectivity index (χ0n) is 52.3. The van der Waals surface area contributed by atoms with Crippen LogP contribution in [0.4, 0.5) is 10.2 Å². The first-order chi connectivity index (χ1) is 43.6. The van der Waals surface area contributed by atoms with Crippen molar-refractivity contribution in [1.29, 1.82) is 0 Å². The first-order valence-electron chi connectivity index (χ1n) is 30.9. The third kappa shape index (κ3) is 17.9. The number of hydrogen-bond donors (Lipinski definition) is 6. The number of piperazine rings is 1. The molecule has 5 heterocycles. The van der Waals surface area contributed by atoms with E-state index in [1.807, 2.05) is 100 Å². The number of aliphatic hydroxyl groups excluding tert-OH is 2. The van der Waals surface area contributed by atoms with E-state index in [4.69, 9.17) is 45.0 Å². The molecule has 91 heavy (non-hydrogen) atoms. The average molecular weight is 1300 g/mol. The zero-order valence-corrected chi connectivity index (χ0v) is 53.9. The minimum atomic E-state index is -2.13. The highest BCUT2D eigenvalue weighted by Crippen LogP contribution is 2.43. The van der Waals surface area contributed by atoms with Gasteiger partial charge in [0.1, 0.15) is 41.9 Å². The normalized spacial score (nSPS) is 17.9. The van der Waals surface area contributed by atoms with Crippen molar-refractivity contribution < 1.29 is 72.4 Å². The van der Waals surface area contributed by atoms with Crippen LogP contribution < -0.4 is 20.3 Å². The van der Waals surface area contributed by atoms with E-state index >= 15 is 4.39 Å². The summed E-state index contributed by atoms with van der Waals surface area (Å²) in [5.41, 5.74) is 4.36. The Morgan fingerprint density at radius 1 is 0.813 bits per heavy atom. The Kier molecular flexibility index (Phi) is 23.9. The first kappa shape index (κ1) is 68.6. The maximum Gasteiger partial charge on any atom is 0.319 e. The minimum Gasteiger partial charge on any atom is -0.508 e. The van der Waals surface area contributed by atoms with Gasteiger partial charge in [-0.2, -0.15) is 9.97 Å². The number of piperidine rings is 1. The molecule has 0 spiro atoms. The fraction of sp³-hybridized carbons (Fsp3) is 0.523. The number of phenols is 1. The Labute approximate surface area is 537 Å². The van der Waals surface area contributed by atoms with Crippen molar-refractivity contribution >= 4 is 74.1 Å². The zero-order chi connectivity index (χ0) is 64.9. The molecule has 6 N–H and O–H groups in total. The summed E-state index contributed by atoms with van der Waals surface area (Å²) < 4.78 is 52.2. The van der Waals surface area contributed by atoms with Crippen molar-refractivity contribution in [2.45, 2.75) is 104 Å². The number of nitrogens with one attached hydrogen (secondary N) is 2. The van der Waals surface area contributed by atoms with Crippen molar-refractivity contribution in [2.75, 3.05) is 117 Å². The Bertz CT molecular complexity index is 3450. The van der Waals surface area contributed by atoms with Gasteiger partial charge in [-0.1, -0.05) is 80.9 Å². The number of carbonyl (C=O) groups is 4. The smallest absolute Gasteiger partial charge is 0.319 e. The number of thiazole rings is 1. The summed E-state index contributed by atoms with van der Waals surface area (Å²) in [5, 5.41) is 47.9. The number of aryl methyl sites for hydroxylation is 1. The summed E-state index contributed by atoms with van der Waals surface area (Å²) >= 11 is 8.47. The van der Waals surface area contributed by atoms with Gasteiger partial charge in [-0.25, -0.2) is 9.37 Å². The first-order valence-corrected chi connectivity index (χ1v) is 32.1. The maximum atomic E-state index is 17.1. The lowest BCUT2D eigenvalue weighted by Crippen LogP contribution is -2.58. The highest BCUT2D eigenvalue weighted by molar-refractivity contribution is 7.13. The van der Waals surface area contributed by atoms with Crippen LogP contribution in [0, 0.1) is 18.2 Å². The molecular formula is C65H83ClFN9O14S. The molecule has 26 heteroatoms. The highest BCUT2D eigenvalue weighted by atomic mass is 35.5. The Balaban J connectivity index is 0.639. The second-order valence-corrected chi connectivity index (χ2v) is 25.5. The van der Waals surface area contributed by atoms with E-state index in [9.17, 15) is 39.6 Å². The number of aliphatic hydroxyl groups is 3. The number of carbonyl (C=O) groups excluding carboxylic acids is 4. The summed E-state index contributed by atoms with van der Waals surface area (Å²) in [6.07, 6.45) is -1.72. The molecule has 4 aromatic carbocycles. The quantitative estimate of drug-likeness (QED) is 0.0242. The third-order valence-corrected chi connectivity index (χ3v) is 17.7. The number of anilines is 1. The van der Waals surface area contributed by atoms with Crippen LogP contribution in [0.1, 0.15) is 71.2 Å². The van der Waals surface area contributed by atoms with Gasteiger partial charge in [0.25, 0.3) is 5.91 Å². The predicted octanol–water partition coefficient (Wildman–Crippen LogP) is 6.02. The maximum absolute atomic E-state index is 17.1. The third-order valence-electron chi connectivity index (χ3n) is 16.4. The number of amides is 4. The second kappa shape index (κ2) is 31.7. The number of fused-ring (bicyclic) bond motifs is 2. The molecule has 6 aromatic rings. The fourth-order valence-corrected chi connectivity index (χ4v) is 12.8. The van der Waals surface area contributed by atoms with Gasteiger partial charge in [0.15, 0.2) is 5.82 Å². The van der Waals surface area contributed by atoms with E-state index in [1.54, 1.807) is 23.5 Å². The van der Waals surface area contributed by atoms with Gasteiger partial charge in [0, 0.05) is 69.7 Å². The molecule has 3 saturated heterocycles. The lowest BCUT2D eigenvalue weighted by Gasteiger charge is -2.36. The van der Waals surface area contributed by atoms with Gasteiger partial charge in [0.05, 0.1) is 92.2 Å². The van der Waals surface area contributed by atoms with E-state index in [0.717, 1.165) is 47.6 Å². The Hall–Kier alpha value is -6.75. The second-order valence-electron chi connectivity index (χ2n) is 24.2. The lowest BCUT2D eigenvalue weighted by atomic mass is 9.85. The monoisotopic (exact) mass is 1300 g/mol. The predicted molar refractivity (Wildman–Crippen MR) is 341 cm³/mol. The number of nitrogens with zero attached hydrogens (tertiary/aromatic N) is 7. The molecule has 2 aromatic heterocycles. The molecule has 0 aliphatic carbocycles. The van der Waals surface area contributed by atoms with Crippen LogP contribution in [0.15, 0.2) is 72.2 Å². The number of phenolic OH excluding ortho intramolecular Hbond substituents is 1. The van der Waals surface area contributed by atoms with Gasteiger partial charge in [-0.3, -0.25) is 24.1 Å². The number of hydrogen-bond acceptors (Lipinski definition) is 20. The molecular weight excluding hydrogens is 1220 g/mol. The standard InChI is InChI=1S/C65H83ClFN9O14S/c1-39(90-64-71-56-50(59(72-64)74-19-21-75(22-20-74)62(82)63(83)84)34-51(66)54(55(56)67)49-32-45(77)31-44-9-7-8-10-48(44)49)35-73-17-15-47(16-18-73)89-30-29-87-26-25-85-23-24-86-27-28-88-37-53(79)70-58(65(4,5)6)61(81)76-36-46(78)33-52(76)60(80)69-40(2)42-11-13-43(14-12-42)57-41(3)68-38-91-57/h7-14,31-32,34,38-40,46-47,52,58,63,77-78,83-84H,15-30,33,35-37H2,1-6H3,(H,69,80)(H,70,79)/t39-,40+,46-,52+,58-/m1/s1. The van der Waals surface area contributed by atoms with Gasteiger partial charge in [0.2, 0.25) is 24.0 Å². The summed E-state index contributed by atoms with van der Waals surface area (Å²) in [5.74, 6) is -2.60. The topological polar surface area (TPSA) is 280 Å². The van der Waals surface area contributed by atoms with E-state index in [-0.39, 0.29) is 105 Å². The molecule has 3 fully saturated rings. The molecule has 4 amide bonds. The van der Waals surface area contributed by atoms with Gasteiger partial charge in [-0.05, 0) is 84.7 Å². The van der Waals surface area contributed by atoms with Crippen LogP contribution >= 0.6 is 22.9 Å². The summed E-state index contributed by atoms with van der Waals surface area (Å²) in [6, 6.07) is 17.5. The summed E-state index contributed by atoms with van der Waals surface area (Å²) in [4.78, 5) is 74.9. The van der Waals surface area contributed by atoms with E-state index in [0.29, 0.717) is 73.7 Å². The number of ether oxygens (including phenoxy) is 6. The largest absolute Gasteiger partial charge is 0.508 e. The molecule has 0 bridgehead atoms. The molecule has 23 nitrogen and oxygen atoms in total. The molecule has 0 saturated carbocycles. The number of likely N-dealkylation sites (tertiary alicyclic amines) is 2. The number of aromatic hydroxyl groups is 1. The number of aromatic nitrogens is 3. The lowest BCUT2D eigenvalue weighted by molar-refractivity contribution is -0.159. The van der Waals surface area contributed by atoms with E-state index in [2.05, 4.69) is 25.5 Å². The van der Waals surface area contributed by atoms with Crippen LogP contribution in [0.3, 0.4) is 0 Å². The van der Waals surface area contributed by atoms with Gasteiger partial charge >= 0.3 is 6.01 Å². The van der Waals surface area contributed by atoms with Crippen molar-refractivity contribution in [3.05, 3.63) is 94.3 Å². The van der Waals surface area contributed by atoms with Gasteiger partial charge in [-0.15, -0.1) is 11.3 Å². The van der Waals surface area contributed by atoms with Crippen molar-refractivity contribution in [1.82, 2.24) is 40.3 Å². The Morgan fingerprint density at radius 2 is 1.47 bits per heavy atom. The number of halogens is 2. The average Bonchev–Trinajstić information content (AvgIpc) is 1.31. The van der Waals surface area contributed by atoms with E-state index < -0.39 is 59.5 Å². The Morgan fingerprint density at radius 3 is 2.12 bits per heavy atom. The van der Waals surface area contributed by atoms with Gasteiger partial charge < -0.3 is 74.2 Å². The van der Waals surface area contributed by atoms with E-state index in [1.165, 1.54) is 15.9 Å². The number of rotatable bonds is 28. The molecule has 0 radical (unpaired) electrons. The minimum absolute atomic E-state index is 0.0395.